The third-order valence-electron chi connectivity index (χ3n) is 6.04. The molecule has 1 fully saturated rings. The van der Waals surface area contributed by atoms with E-state index in [9.17, 15) is 13.6 Å². The average Bonchev–Trinajstić information content (AvgIpc) is 3.19. The fourth-order valence-corrected chi connectivity index (χ4v) is 4.25. The molecule has 0 aromatic carbocycles. The van der Waals surface area contributed by atoms with Gasteiger partial charge in [0.25, 0.3) is 6.43 Å². The Labute approximate surface area is 188 Å². The van der Waals surface area contributed by atoms with Crippen LogP contribution in [0.3, 0.4) is 0 Å². The first-order valence-electron chi connectivity index (χ1n) is 11.3. The Kier molecular flexibility index (Phi) is 7.82. The number of amides is 1. The number of fused-ring (bicyclic) bond motifs is 1. The Morgan fingerprint density at radius 3 is 2.56 bits per heavy atom. The van der Waals surface area contributed by atoms with Crippen molar-refractivity contribution < 1.29 is 18.3 Å². The highest BCUT2D eigenvalue weighted by Gasteiger charge is 2.31. The molecule has 176 valence electrons. The van der Waals surface area contributed by atoms with E-state index in [1.807, 2.05) is 13.8 Å². The lowest BCUT2D eigenvalue weighted by molar-refractivity contribution is -0.129. The van der Waals surface area contributed by atoms with Crippen LogP contribution in [-0.4, -0.2) is 52.4 Å². The van der Waals surface area contributed by atoms with Gasteiger partial charge in [-0.15, -0.1) is 0 Å². The summed E-state index contributed by atoms with van der Waals surface area (Å²) >= 11 is 0. The first kappa shape index (κ1) is 24.1. The van der Waals surface area contributed by atoms with Crippen LogP contribution in [0.5, 0.6) is 0 Å². The number of anilines is 2. The van der Waals surface area contributed by atoms with Crippen molar-refractivity contribution in [3.05, 3.63) is 34.6 Å². The summed E-state index contributed by atoms with van der Waals surface area (Å²) in [6, 6.07) is 3.62. The quantitative estimate of drug-likeness (QED) is 0.684. The maximum absolute atomic E-state index is 13.4. The van der Waals surface area contributed by atoms with Crippen molar-refractivity contribution in [1.82, 2.24) is 19.7 Å². The summed E-state index contributed by atoms with van der Waals surface area (Å²) < 4.78 is 34.3. The van der Waals surface area contributed by atoms with Gasteiger partial charge >= 0.3 is 0 Å². The molecular weight excluding hydrogens is 416 g/mol. The summed E-state index contributed by atoms with van der Waals surface area (Å²) in [5.41, 5.74) is 2.32. The van der Waals surface area contributed by atoms with Crippen molar-refractivity contribution in [2.45, 2.75) is 66.0 Å². The topological polar surface area (TPSA) is 63.5 Å². The number of carbonyl (C=O) groups excluding carboxylic acids is 1. The number of rotatable bonds is 4. The van der Waals surface area contributed by atoms with Gasteiger partial charge in [-0.1, -0.05) is 19.9 Å². The van der Waals surface area contributed by atoms with Crippen LogP contribution >= 0.6 is 0 Å². The molecule has 0 bridgehead atoms. The van der Waals surface area contributed by atoms with Crippen molar-refractivity contribution in [2.24, 2.45) is 0 Å². The van der Waals surface area contributed by atoms with Gasteiger partial charge in [-0.25, -0.2) is 13.8 Å². The molecule has 2 aliphatic heterocycles. The SMILES string of the molecule is CC.CC(=O)N1CCc2c(c(N(C)c3ccc(C)c(C(F)F)n3)nn2C2CCOCC2)C1. The van der Waals surface area contributed by atoms with Crippen LogP contribution < -0.4 is 4.90 Å². The normalized spacial score (nSPS) is 16.4. The zero-order valence-corrected chi connectivity index (χ0v) is 19.6. The predicted octanol–water partition coefficient (Wildman–Crippen LogP) is 4.57. The highest BCUT2D eigenvalue weighted by atomic mass is 19.3. The zero-order valence-electron chi connectivity index (χ0n) is 19.6. The molecule has 4 heterocycles. The van der Waals surface area contributed by atoms with E-state index in [2.05, 4.69) is 9.67 Å². The van der Waals surface area contributed by atoms with Crippen molar-refractivity contribution in [3.8, 4) is 0 Å². The fraction of sp³-hybridized carbons (Fsp3) is 0.609. The van der Waals surface area contributed by atoms with Gasteiger partial charge in [0.05, 0.1) is 12.6 Å². The van der Waals surface area contributed by atoms with Crippen LogP contribution in [0.2, 0.25) is 0 Å². The van der Waals surface area contributed by atoms with Gasteiger partial charge in [-0.3, -0.25) is 9.48 Å². The summed E-state index contributed by atoms with van der Waals surface area (Å²) in [6.45, 7) is 9.70. The highest BCUT2D eigenvalue weighted by molar-refractivity contribution is 5.74. The van der Waals surface area contributed by atoms with Crippen LogP contribution in [0.4, 0.5) is 20.4 Å². The molecule has 4 rings (SSSR count). The second-order valence-corrected chi connectivity index (χ2v) is 7.96. The van der Waals surface area contributed by atoms with Crippen molar-refractivity contribution in [3.63, 3.8) is 0 Å². The molecule has 2 aromatic rings. The minimum atomic E-state index is -2.64. The maximum Gasteiger partial charge on any atom is 0.280 e. The third-order valence-corrected chi connectivity index (χ3v) is 6.04. The molecule has 9 heteroatoms. The van der Waals surface area contributed by atoms with Crippen molar-refractivity contribution >= 4 is 17.5 Å². The number of hydrogen-bond donors (Lipinski definition) is 0. The van der Waals surface area contributed by atoms with Crippen LogP contribution in [0, 0.1) is 6.92 Å². The van der Waals surface area contributed by atoms with Gasteiger partial charge in [0, 0.05) is 51.4 Å². The maximum atomic E-state index is 13.4. The number of carbonyl (C=O) groups is 1. The monoisotopic (exact) mass is 449 g/mol. The van der Waals surface area contributed by atoms with Crippen LogP contribution in [-0.2, 0) is 22.5 Å². The molecule has 2 aliphatic rings. The number of nitrogens with zero attached hydrogens (tertiary/aromatic N) is 5. The Bertz CT molecular complexity index is 941. The third kappa shape index (κ3) is 4.77. The van der Waals surface area contributed by atoms with Gasteiger partial charge < -0.3 is 14.5 Å². The van der Waals surface area contributed by atoms with E-state index in [-0.39, 0.29) is 17.6 Å². The number of ether oxygens (including phenoxy) is 1. The molecule has 1 amide bonds. The predicted molar refractivity (Wildman–Crippen MR) is 119 cm³/mol. The van der Waals surface area contributed by atoms with Crippen LogP contribution in [0.25, 0.3) is 0 Å². The lowest BCUT2D eigenvalue weighted by atomic mass is 10.0. The number of alkyl halides is 2. The number of halogens is 2. The minimum Gasteiger partial charge on any atom is -0.381 e. The first-order chi connectivity index (χ1) is 15.4. The number of pyridine rings is 1. The van der Waals surface area contributed by atoms with Crippen LogP contribution in [0.15, 0.2) is 12.1 Å². The molecule has 0 N–H and O–H groups in total. The zero-order chi connectivity index (χ0) is 23.4. The van der Waals surface area contributed by atoms with E-state index in [1.54, 1.807) is 42.8 Å². The van der Waals surface area contributed by atoms with Crippen LogP contribution in [0.1, 0.15) is 68.6 Å². The molecule has 2 aromatic heterocycles. The van der Waals surface area contributed by atoms with E-state index in [0.717, 1.165) is 30.5 Å². The lowest BCUT2D eigenvalue weighted by Gasteiger charge is -2.29. The summed E-state index contributed by atoms with van der Waals surface area (Å²) in [5, 5.41) is 4.90. The van der Waals surface area contributed by atoms with Crippen molar-refractivity contribution in [1.29, 1.82) is 0 Å². The summed E-state index contributed by atoms with van der Waals surface area (Å²) in [6.07, 6.45) is -0.158. The Balaban J connectivity index is 0.00000141. The molecule has 0 unspecified atom stereocenters. The van der Waals surface area contributed by atoms with Gasteiger partial charge in [0.2, 0.25) is 5.91 Å². The van der Waals surface area contributed by atoms with Gasteiger partial charge in [-0.2, -0.15) is 5.10 Å². The Hall–Kier alpha value is -2.55. The minimum absolute atomic E-state index is 0.0153. The Morgan fingerprint density at radius 1 is 1.25 bits per heavy atom. The largest absolute Gasteiger partial charge is 0.381 e. The van der Waals surface area contributed by atoms with Gasteiger partial charge in [0.15, 0.2) is 5.82 Å². The first-order valence-corrected chi connectivity index (χ1v) is 11.3. The molecule has 32 heavy (non-hydrogen) atoms. The van der Waals surface area contributed by atoms with E-state index >= 15 is 0 Å². The summed E-state index contributed by atoms with van der Waals surface area (Å²) in [7, 11) is 1.79. The molecule has 0 spiro atoms. The van der Waals surface area contributed by atoms with E-state index in [1.165, 1.54) is 0 Å². The lowest BCUT2D eigenvalue weighted by Crippen LogP contribution is -2.35. The number of aromatic nitrogens is 3. The second kappa shape index (κ2) is 10.4. The molecular formula is C23H33F2N5O2. The number of aryl methyl sites for hydroxylation is 1. The molecule has 0 aliphatic carbocycles. The molecule has 0 saturated carbocycles. The molecule has 0 atom stereocenters. The van der Waals surface area contributed by atoms with E-state index in [4.69, 9.17) is 9.84 Å². The van der Waals surface area contributed by atoms with E-state index in [0.29, 0.717) is 43.5 Å². The standard InChI is InChI=1S/C21H27F2N5O2.C2H6/c1-13-4-5-18(24-19(13)20(22)23)26(3)21-16-12-27(14(2)29)9-6-17(16)28(25-21)15-7-10-30-11-8-15;1-2/h4-5,15,20H,6-12H2,1-3H3;1-2H3. The van der Waals surface area contributed by atoms with Crippen molar-refractivity contribution in [2.75, 3.05) is 31.7 Å². The van der Waals surface area contributed by atoms with Gasteiger partial charge in [0.1, 0.15) is 11.5 Å². The summed E-state index contributed by atoms with van der Waals surface area (Å²) in [5.74, 6) is 1.09. The Morgan fingerprint density at radius 2 is 1.94 bits per heavy atom. The van der Waals surface area contributed by atoms with E-state index < -0.39 is 6.43 Å². The summed E-state index contributed by atoms with van der Waals surface area (Å²) in [4.78, 5) is 19.7. The van der Waals surface area contributed by atoms with Gasteiger partial charge in [-0.05, 0) is 31.4 Å². The molecule has 0 radical (unpaired) electrons. The average molecular weight is 450 g/mol. The fourth-order valence-electron chi connectivity index (χ4n) is 4.25. The molecule has 7 nitrogen and oxygen atoms in total. The second-order valence-electron chi connectivity index (χ2n) is 7.96. The highest BCUT2D eigenvalue weighted by Crippen LogP contribution is 2.35. The number of hydrogen-bond acceptors (Lipinski definition) is 5. The smallest absolute Gasteiger partial charge is 0.280 e. The molecule has 1 saturated heterocycles.